The molecule has 0 aliphatic heterocycles. The van der Waals surface area contributed by atoms with Gasteiger partial charge < -0.3 is 15.4 Å². The second kappa shape index (κ2) is 8.86. The van der Waals surface area contributed by atoms with Crippen LogP contribution >= 0.6 is 0 Å². The van der Waals surface area contributed by atoms with Gasteiger partial charge in [-0.3, -0.25) is 0 Å². The molecule has 0 saturated heterocycles. The number of carbonyl (C=O) groups excluding carboxylic acids is 1. The van der Waals surface area contributed by atoms with E-state index in [0.717, 1.165) is 24.8 Å². The van der Waals surface area contributed by atoms with Crippen LogP contribution in [0.15, 0.2) is 54.6 Å². The van der Waals surface area contributed by atoms with Gasteiger partial charge in [0.1, 0.15) is 6.61 Å². The number of nitrogens with one attached hydrogen (secondary N) is 2. The van der Waals surface area contributed by atoms with Crippen LogP contribution in [-0.4, -0.2) is 18.2 Å². The van der Waals surface area contributed by atoms with Crippen molar-refractivity contribution in [3.8, 4) is 0 Å². The predicted octanol–water partition coefficient (Wildman–Crippen LogP) is 4.49. The van der Waals surface area contributed by atoms with Gasteiger partial charge in [0.2, 0.25) is 0 Å². The molecule has 1 saturated carbocycles. The summed E-state index contributed by atoms with van der Waals surface area (Å²) in [6, 6.07) is 19.5. The standard InChI is InChI=1S/C22H28N2O2/c1-3-21(18-11-9-16(2)10-12-18)23-19-13-20(14-19)24-22(25)26-15-17-7-5-4-6-8-17/h4-12,19-21,23H,3,13-15H2,1-2H3,(H,24,25). The fourth-order valence-corrected chi connectivity index (χ4v) is 3.34. The van der Waals surface area contributed by atoms with Gasteiger partial charge in [0.25, 0.3) is 0 Å². The van der Waals surface area contributed by atoms with Crippen LogP contribution in [0.2, 0.25) is 0 Å². The molecule has 4 heteroatoms. The van der Waals surface area contributed by atoms with Crippen LogP contribution in [0.1, 0.15) is 48.9 Å². The second-order valence-electron chi connectivity index (χ2n) is 7.11. The third kappa shape index (κ3) is 5.09. The van der Waals surface area contributed by atoms with E-state index in [1.807, 2.05) is 30.3 Å². The van der Waals surface area contributed by atoms with Crippen LogP contribution in [0, 0.1) is 6.92 Å². The summed E-state index contributed by atoms with van der Waals surface area (Å²) in [5, 5.41) is 6.66. The first-order chi connectivity index (χ1) is 12.6. The Morgan fingerprint density at radius 1 is 1.08 bits per heavy atom. The van der Waals surface area contributed by atoms with Crippen LogP contribution in [0.5, 0.6) is 0 Å². The molecule has 0 bridgehead atoms. The molecule has 2 aromatic rings. The molecule has 1 amide bonds. The minimum absolute atomic E-state index is 0.200. The molecular formula is C22H28N2O2. The smallest absolute Gasteiger partial charge is 0.407 e. The van der Waals surface area contributed by atoms with Gasteiger partial charge in [0.15, 0.2) is 0 Å². The van der Waals surface area contributed by atoms with Crippen molar-refractivity contribution in [2.75, 3.05) is 0 Å². The number of hydrogen-bond donors (Lipinski definition) is 2. The highest BCUT2D eigenvalue weighted by molar-refractivity contribution is 5.67. The fourth-order valence-electron chi connectivity index (χ4n) is 3.34. The zero-order valence-corrected chi connectivity index (χ0v) is 15.6. The predicted molar refractivity (Wildman–Crippen MR) is 104 cm³/mol. The average molecular weight is 352 g/mol. The van der Waals surface area contributed by atoms with E-state index in [-0.39, 0.29) is 12.1 Å². The average Bonchev–Trinajstić information content (AvgIpc) is 2.63. The minimum atomic E-state index is -0.331. The van der Waals surface area contributed by atoms with Crippen molar-refractivity contribution in [1.29, 1.82) is 0 Å². The van der Waals surface area contributed by atoms with Gasteiger partial charge in [-0.1, -0.05) is 67.1 Å². The Hall–Kier alpha value is -2.33. The molecule has 0 aromatic heterocycles. The first-order valence-electron chi connectivity index (χ1n) is 9.44. The summed E-state index contributed by atoms with van der Waals surface area (Å²) >= 11 is 0. The van der Waals surface area contributed by atoms with Gasteiger partial charge in [0, 0.05) is 18.1 Å². The molecule has 1 atom stereocenters. The molecule has 1 aliphatic rings. The number of rotatable bonds is 7. The number of carbonyl (C=O) groups is 1. The molecule has 3 rings (SSSR count). The first-order valence-corrected chi connectivity index (χ1v) is 9.44. The van der Waals surface area contributed by atoms with E-state index < -0.39 is 0 Å². The molecule has 2 aromatic carbocycles. The van der Waals surface area contributed by atoms with Gasteiger partial charge in [-0.15, -0.1) is 0 Å². The highest BCUT2D eigenvalue weighted by Crippen LogP contribution is 2.26. The maximum absolute atomic E-state index is 11.9. The van der Waals surface area contributed by atoms with E-state index in [4.69, 9.17) is 4.74 Å². The number of aryl methyl sites for hydroxylation is 1. The van der Waals surface area contributed by atoms with E-state index in [1.165, 1.54) is 11.1 Å². The Morgan fingerprint density at radius 3 is 2.42 bits per heavy atom. The summed E-state index contributed by atoms with van der Waals surface area (Å²) < 4.78 is 5.28. The van der Waals surface area contributed by atoms with Crippen molar-refractivity contribution in [2.24, 2.45) is 0 Å². The van der Waals surface area contributed by atoms with Crippen molar-refractivity contribution >= 4 is 6.09 Å². The summed E-state index contributed by atoms with van der Waals surface area (Å²) in [6.45, 7) is 4.62. The summed E-state index contributed by atoms with van der Waals surface area (Å²) in [4.78, 5) is 11.9. The van der Waals surface area contributed by atoms with Gasteiger partial charge in [0.05, 0.1) is 0 Å². The Morgan fingerprint density at radius 2 is 1.77 bits per heavy atom. The molecule has 1 unspecified atom stereocenters. The molecular weight excluding hydrogens is 324 g/mol. The molecule has 0 heterocycles. The lowest BCUT2D eigenvalue weighted by Gasteiger charge is -2.38. The second-order valence-corrected chi connectivity index (χ2v) is 7.11. The molecule has 1 aliphatic carbocycles. The topological polar surface area (TPSA) is 50.4 Å². The van der Waals surface area contributed by atoms with Crippen molar-refractivity contribution in [3.05, 3.63) is 71.3 Å². The highest BCUT2D eigenvalue weighted by atomic mass is 16.5. The lowest BCUT2D eigenvalue weighted by atomic mass is 9.85. The SMILES string of the molecule is CCC(NC1CC(NC(=O)OCc2ccccc2)C1)c1ccc(C)cc1. The number of hydrogen-bond acceptors (Lipinski definition) is 3. The Bertz CT molecular complexity index is 694. The molecule has 138 valence electrons. The zero-order chi connectivity index (χ0) is 18.4. The Kier molecular flexibility index (Phi) is 6.29. The van der Waals surface area contributed by atoms with E-state index >= 15 is 0 Å². The quantitative estimate of drug-likeness (QED) is 0.772. The van der Waals surface area contributed by atoms with E-state index in [0.29, 0.717) is 18.7 Å². The van der Waals surface area contributed by atoms with Gasteiger partial charge in [-0.05, 0) is 37.3 Å². The summed E-state index contributed by atoms with van der Waals surface area (Å²) in [5.41, 5.74) is 3.61. The molecule has 0 spiro atoms. The van der Waals surface area contributed by atoms with Crippen LogP contribution in [0.25, 0.3) is 0 Å². The molecule has 2 N–H and O–H groups in total. The van der Waals surface area contributed by atoms with Crippen LogP contribution < -0.4 is 10.6 Å². The molecule has 26 heavy (non-hydrogen) atoms. The molecule has 4 nitrogen and oxygen atoms in total. The molecule has 0 radical (unpaired) electrons. The third-order valence-corrected chi connectivity index (χ3v) is 5.00. The lowest BCUT2D eigenvalue weighted by Crippen LogP contribution is -2.53. The fraction of sp³-hybridized carbons (Fsp3) is 0.409. The maximum atomic E-state index is 11.9. The van der Waals surface area contributed by atoms with Crippen LogP contribution in [-0.2, 0) is 11.3 Å². The normalized spacial score (nSPS) is 20.1. The third-order valence-electron chi connectivity index (χ3n) is 5.00. The van der Waals surface area contributed by atoms with E-state index in [9.17, 15) is 4.79 Å². The van der Waals surface area contributed by atoms with Gasteiger partial charge in [-0.25, -0.2) is 4.79 Å². The summed E-state index contributed by atoms with van der Waals surface area (Å²) in [5.74, 6) is 0. The first kappa shape index (κ1) is 18.5. The number of alkyl carbamates (subject to hydrolysis) is 1. The summed E-state index contributed by atoms with van der Waals surface area (Å²) in [7, 11) is 0. The highest BCUT2D eigenvalue weighted by Gasteiger charge is 2.32. The van der Waals surface area contributed by atoms with Crippen molar-refractivity contribution in [3.63, 3.8) is 0 Å². The number of ether oxygens (including phenoxy) is 1. The number of benzene rings is 2. The zero-order valence-electron chi connectivity index (χ0n) is 15.6. The number of amides is 1. The minimum Gasteiger partial charge on any atom is -0.445 e. The Balaban J connectivity index is 1.38. The Labute approximate surface area is 156 Å². The lowest BCUT2D eigenvalue weighted by molar-refractivity contribution is 0.124. The van der Waals surface area contributed by atoms with Crippen molar-refractivity contribution in [1.82, 2.24) is 10.6 Å². The van der Waals surface area contributed by atoms with E-state index in [2.05, 4.69) is 48.7 Å². The maximum Gasteiger partial charge on any atom is 0.407 e. The summed E-state index contributed by atoms with van der Waals surface area (Å²) in [6.07, 6.45) is 2.62. The monoisotopic (exact) mass is 352 g/mol. The van der Waals surface area contributed by atoms with E-state index in [1.54, 1.807) is 0 Å². The van der Waals surface area contributed by atoms with Gasteiger partial charge in [-0.2, -0.15) is 0 Å². The van der Waals surface area contributed by atoms with Crippen molar-refractivity contribution in [2.45, 2.75) is 57.8 Å². The van der Waals surface area contributed by atoms with Crippen molar-refractivity contribution < 1.29 is 9.53 Å². The molecule has 1 fully saturated rings. The van der Waals surface area contributed by atoms with Crippen LogP contribution in [0.4, 0.5) is 4.79 Å². The van der Waals surface area contributed by atoms with Gasteiger partial charge >= 0.3 is 6.09 Å². The largest absolute Gasteiger partial charge is 0.445 e. The van der Waals surface area contributed by atoms with Crippen LogP contribution in [0.3, 0.4) is 0 Å².